The molecule has 6 nitrogen and oxygen atoms in total. The molecule has 2 rings (SSSR count). The fourth-order valence-electron chi connectivity index (χ4n) is 1.66. The number of aromatic carboxylic acids is 1. The maximum absolute atomic E-state index is 12.2. The van der Waals surface area contributed by atoms with E-state index in [4.69, 9.17) is 21.8 Å². The van der Waals surface area contributed by atoms with Gasteiger partial charge in [0.1, 0.15) is 0 Å². The molecule has 1 fully saturated rings. The van der Waals surface area contributed by atoms with Gasteiger partial charge in [-0.3, -0.25) is 0 Å². The fraction of sp³-hybridized carbons (Fsp3) is 0.364. The zero-order chi connectivity index (χ0) is 15.1. The van der Waals surface area contributed by atoms with Crippen molar-refractivity contribution in [1.82, 2.24) is 4.72 Å². The molecular weight excluding hydrogens is 374 g/mol. The number of nitrogens with one attached hydrogen (secondary N) is 1. The van der Waals surface area contributed by atoms with E-state index < -0.39 is 21.5 Å². The lowest BCUT2D eigenvalue weighted by atomic mass is 10.2. The monoisotopic (exact) mass is 383 g/mol. The van der Waals surface area contributed by atoms with E-state index in [0.717, 1.165) is 6.07 Å². The van der Waals surface area contributed by atoms with E-state index in [1.165, 1.54) is 6.07 Å². The molecule has 0 radical (unpaired) electrons. The van der Waals surface area contributed by atoms with Crippen LogP contribution in [0.5, 0.6) is 0 Å². The van der Waals surface area contributed by atoms with Crippen molar-refractivity contribution in [2.75, 3.05) is 6.61 Å². The van der Waals surface area contributed by atoms with E-state index in [9.17, 15) is 13.2 Å². The highest BCUT2D eigenvalue weighted by molar-refractivity contribution is 9.10. The summed E-state index contributed by atoms with van der Waals surface area (Å²) in [5.74, 6) is -1.32. The van der Waals surface area contributed by atoms with Gasteiger partial charge >= 0.3 is 5.97 Å². The highest BCUT2D eigenvalue weighted by Gasteiger charge is 2.45. The second kappa shape index (κ2) is 5.27. The molecule has 1 aliphatic rings. The van der Waals surface area contributed by atoms with Gasteiger partial charge in [0.2, 0.25) is 10.0 Å². The van der Waals surface area contributed by atoms with E-state index >= 15 is 0 Å². The summed E-state index contributed by atoms with van der Waals surface area (Å²) in [6.45, 7) is -0.299. The summed E-state index contributed by atoms with van der Waals surface area (Å²) in [4.78, 5) is 10.8. The van der Waals surface area contributed by atoms with Crippen LogP contribution in [0.25, 0.3) is 0 Å². The maximum atomic E-state index is 12.2. The molecule has 0 atom stereocenters. The topological polar surface area (TPSA) is 104 Å². The third-order valence-electron chi connectivity index (χ3n) is 3.05. The number of carbonyl (C=O) groups is 1. The lowest BCUT2D eigenvalue weighted by Gasteiger charge is -2.15. The van der Waals surface area contributed by atoms with Crippen LogP contribution in [-0.2, 0) is 10.0 Å². The molecule has 0 bridgehead atoms. The molecule has 9 heteroatoms. The summed E-state index contributed by atoms with van der Waals surface area (Å²) in [7, 11) is -3.92. The van der Waals surface area contributed by atoms with Crippen molar-refractivity contribution in [3.05, 3.63) is 27.2 Å². The number of sulfonamides is 1. The molecule has 3 N–H and O–H groups in total. The first kappa shape index (κ1) is 15.7. The smallest absolute Gasteiger partial charge is 0.337 e. The molecule has 0 saturated heterocycles. The summed E-state index contributed by atoms with van der Waals surface area (Å²) in [6.07, 6.45) is 1.09. The van der Waals surface area contributed by atoms with E-state index in [-0.39, 0.29) is 26.6 Å². The number of hydrogen-bond donors (Lipinski definition) is 3. The minimum Gasteiger partial charge on any atom is -0.478 e. The van der Waals surface area contributed by atoms with Gasteiger partial charge in [-0.25, -0.2) is 17.9 Å². The molecule has 20 heavy (non-hydrogen) atoms. The van der Waals surface area contributed by atoms with E-state index in [2.05, 4.69) is 20.7 Å². The largest absolute Gasteiger partial charge is 0.478 e. The van der Waals surface area contributed by atoms with Gasteiger partial charge < -0.3 is 10.2 Å². The highest BCUT2D eigenvalue weighted by atomic mass is 79.9. The fourth-order valence-corrected chi connectivity index (χ4v) is 3.97. The predicted molar refractivity (Wildman–Crippen MR) is 75.5 cm³/mol. The van der Waals surface area contributed by atoms with E-state index in [0.29, 0.717) is 12.8 Å². The third-order valence-corrected chi connectivity index (χ3v) is 5.87. The van der Waals surface area contributed by atoms with Crippen molar-refractivity contribution >= 4 is 43.5 Å². The number of benzene rings is 1. The molecule has 0 aliphatic heterocycles. The average molecular weight is 385 g/mol. The van der Waals surface area contributed by atoms with Crippen LogP contribution in [0.15, 0.2) is 21.5 Å². The summed E-state index contributed by atoms with van der Waals surface area (Å²) >= 11 is 8.83. The summed E-state index contributed by atoms with van der Waals surface area (Å²) in [5.41, 5.74) is -1.14. The summed E-state index contributed by atoms with van der Waals surface area (Å²) in [6, 6.07) is 2.22. The number of hydrogen-bond acceptors (Lipinski definition) is 4. The third kappa shape index (κ3) is 2.99. The first-order chi connectivity index (χ1) is 9.21. The van der Waals surface area contributed by atoms with E-state index in [1.54, 1.807) is 0 Å². The molecule has 1 aromatic carbocycles. The lowest BCUT2D eigenvalue weighted by molar-refractivity contribution is 0.0696. The Balaban J connectivity index is 2.44. The molecule has 0 aromatic heterocycles. The highest BCUT2D eigenvalue weighted by Crippen LogP contribution is 2.37. The van der Waals surface area contributed by atoms with Crippen molar-refractivity contribution in [3.8, 4) is 0 Å². The Hall–Kier alpha value is -0.670. The van der Waals surface area contributed by atoms with Gasteiger partial charge in [-0.15, -0.1) is 0 Å². The van der Waals surface area contributed by atoms with Gasteiger partial charge in [0.25, 0.3) is 0 Å². The Morgan fingerprint density at radius 2 is 2.05 bits per heavy atom. The van der Waals surface area contributed by atoms with Crippen molar-refractivity contribution in [2.45, 2.75) is 23.3 Å². The zero-order valence-electron chi connectivity index (χ0n) is 10.1. The minimum atomic E-state index is -3.92. The van der Waals surface area contributed by atoms with Gasteiger partial charge in [-0.05, 0) is 40.9 Å². The van der Waals surface area contributed by atoms with Crippen LogP contribution in [0.4, 0.5) is 0 Å². The second-order valence-corrected chi connectivity index (χ2v) is 7.53. The quantitative estimate of drug-likeness (QED) is 0.715. The predicted octanol–water partition coefficient (Wildman–Crippen LogP) is 1.60. The average Bonchev–Trinajstić information content (AvgIpc) is 3.11. The van der Waals surface area contributed by atoms with Crippen LogP contribution in [0.3, 0.4) is 0 Å². The van der Waals surface area contributed by atoms with Crippen LogP contribution in [0, 0.1) is 0 Å². The summed E-state index contributed by atoms with van der Waals surface area (Å²) in [5, 5.41) is 18.1. The van der Waals surface area contributed by atoms with Crippen molar-refractivity contribution in [3.63, 3.8) is 0 Å². The molecule has 0 amide bonds. The molecule has 110 valence electrons. The van der Waals surface area contributed by atoms with Gasteiger partial charge in [0.15, 0.2) is 0 Å². The van der Waals surface area contributed by atoms with Crippen LogP contribution < -0.4 is 4.72 Å². The first-order valence-electron chi connectivity index (χ1n) is 5.58. The number of halogens is 2. The molecule has 1 saturated carbocycles. The molecular formula is C11H11BrClNO5S. The second-order valence-electron chi connectivity index (χ2n) is 4.62. The standard InChI is InChI=1S/C11H11BrClNO5S/c12-8-4-6(3-7(9(8)13)10(16)17)20(18,19)14-11(5-15)1-2-11/h3-4,14-15H,1-2,5H2,(H,16,17). The Labute approximate surface area is 128 Å². The van der Waals surface area contributed by atoms with E-state index in [1.807, 2.05) is 0 Å². The molecule has 0 spiro atoms. The van der Waals surface area contributed by atoms with Gasteiger partial charge in [0, 0.05) is 4.47 Å². The number of carboxylic acid groups (broad SMARTS) is 1. The van der Waals surface area contributed by atoms with Crippen LogP contribution in [-0.4, -0.2) is 36.7 Å². The zero-order valence-corrected chi connectivity index (χ0v) is 13.2. The van der Waals surface area contributed by atoms with Crippen molar-refractivity contribution in [1.29, 1.82) is 0 Å². The number of carboxylic acids is 1. The van der Waals surface area contributed by atoms with Crippen LogP contribution in [0.2, 0.25) is 5.02 Å². The Kier molecular flexibility index (Phi) is 4.14. The lowest BCUT2D eigenvalue weighted by Crippen LogP contribution is -2.39. The number of aliphatic hydroxyl groups excluding tert-OH is 1. The number of aliphatic hydroxyl groups is 1. The number of rotatable bonds is 5. The summed E-state index contributed by atoms with van der Waals surface area (Å²) < 4.78 is 27.0. The minimum absolute atomic E-state index is 0.0697. The SMILES string of the molecule is O=C(O)c1cc(S(=O)(=O)NC2(CO)CC2)cc(Br)c1Cl. The van der Waals surface area contributed by atoms with Gasteiger partial charge in [-0.2, -0.15) is 0 Å². The molecule has 0 unspecified atom stereocenters. The van der Waals surface area contributed by atoms with Crippen LogP contribution in [0.1, 0.15) is 23.2 Å². The molecule has 1 aliphatic carbocycles. The Bertz CT molecular complexity index is 672. The molecule has 1 aromatic rings. The molecule has 0 heterocycles. The van der Waals surface area contributed by atoms with Gasteiger partial charge in [0.05, 0.1) is 27.6 Å². The Morgan fingerprint density at radius 1 is 1.45 bits per heavy atom. The van der Waals surface area contributed by atoms with Crippen molar-refractivity contribution < 1.29 is 23.4 Å². The first-order valence-corrected chi connectivity index (χ1v) is 8.23. The van der Waals surface area contributed by atoms with Gasteiger partial charge in [-0.1, -0.05) is 11.6 Å². The van der Waals surface area contributed by atoms with Crippen LogP contribution >= 0.6 is 27.5 Å². The normalized spacial score (nSPS) is 16.9. The Morgan fingerprint density at radius 3 is 2.50 bits per heavy atom. The maximum Gasteiger partial charge on any atom is 0.337 e. The van der Waals surface area contributed by atoms with Crippen molar-refractivity contribution in [2.24, 2.45) is 0 Å².